The number of hydrogen-bond acceptors (Lipinski definition) is 3. The molecular weight excluding hydrogens is 254 g/mol. The van der Waals surface area contributed by atoms with Crippen molar-refractivity contribution < 1.29 is 14.3 Å². The van der Waals surface area contributed by atoms with Gasteiger partial charge in [-0.1, -0.05) is 32.8 Å². The normalized spacial score (nSPS) is 25.4. The van der Waals surface area contributed by atoms with Crippen LogP contribution in [0.15, 0.2) is 12.2 Å². The summed E-state index contributed by atoms with van der Waals surface area (Å²) in [6.45, 7) is 8.37. The molecule has 20 heavy (non-hydrogen) atoms. The van der Waals surface area contributed by atoms with Gasteiger partial charge >= 0.3 is 6.09 Å². The molecule has 0 aromatic rings. The van der Waals surface area contributed by atoms with Gasteiger partial charge in [-0.15, -0.1) is 0 Å². The van der Waals surface area contributed by atoms with Crippen LogP contribution in [0.5, 0.6) is 0 Å². The zero-order valence-corrected chi connectivity index (χ0v) is 13.1. The fourth-order valence-corrected chi connectivity index (χ4v) is 2.67. The van der Waals surface area contributed by atoms with Crippen molar-refractivity contribution >= 4 is 11.9 Å². The van der Waals surface area contributed by atoms with Gasteiger partial charge in [0.1, 0.15) is 6.61 Å². The largest absolute Gasteiger partial charge is 0.449 e. The summed E-state index contributed by atoms with van der Waals surface area (Å²) in [5.74, 6) is -0.0236. The zero-order chi connectivity index (χ0) is 15.2. The maximum absolute atomic E-state index is 11.9. The van der Waals surface area contributed by atoms with Crippen molar-refractivity contribution in [3.05, 3.63) is 12.2 Å². The lowest BCUT2D eigenvalue weighted by atomic mass is 9.64. The Hall–Kier alpha value is -1.32. The van der Waals surface area contributed by atoms with Crippen LogP contribution in [0, 0.1) is 5.41 Å². The summed E-state index contributed by atoms with van der Waals surface area (Å²) in [4.78, 5) is 23.2. The number of hydrogen-bond donors (Lipinski definition) is 1. The van der Waals surface area contributed by atoms with Gasteiger partial charge in [-0.25, -0.2) is 4.79 Å². The van der Waals surface area contributed by atoms with Crippen LogP contribution < -0.4 is 5.32 Å². The topological polar surface area (TPSA) is 55.4 Å². The summed E-state index contributed by atoms with van der Waals surface area (Å²) in [5.41, 5.74) is -0.180. The number of alkyl carbamates (subject to hydrolysis) is 1. The van der Waals surface area contributed by atoms with E-state index in [9.17, 15) is 9.59 Å². The minimum atomic E-state index is -0.421. The van der Waals surface area contributed by atoms with Crippen molar-refractivity contribution in [1.29, 1.82) is 0 Å². The predicted molar refractivity (Wildman–Crippen MR) is 79.6 cm³/mol. The van der Waals surface area contributed by atoms with Crippen LogP contribution in [0.2, 0.25) is 0 Å². The highest BCUT2D eigenvalue weighted by molar-refractivity contribution is 5.89. The second kappa shape index (κ2) is 6.91. The van der Waals surface area contributed by atoms with Crippen molar-refractivity contribution in [3.8, 4) is 0 Å². The second-order valence-electron chi connectivity index (χ2n) is 6.40. The lowest BCUT2D eigenvalue weighted by molar-refractivity contribution is -0.115. The third-order valence-corrected chi connectivity index (χ3v) is 4.53. The van der Waals surface area contributed by atoms with Gasteiger partial charge in [-0.05, 0) is 38.2 Å². The first kappa shape index (κ1) is 16.7. The quantitative estimate of drug-likeness (QED) is 0.783. The SMILES string of the molecule is CC=CC(=O)CCOC(=O)NC1(C)CCCCC1(C)C. The van der Waals surface area contributed by atoms with E-state index in [-0.39, 0.29) is 29.8 Å². The molecule has 1 saturated carbocycles. The maximum atomic E-state index is 11.9. The third-order valence-electron chi connectivity index (χ3n) is 4.53. The Morgan fingerprint density at radius 2 is 1.85 bits per heavy atom. The van der Waals surface area contributed by atoms with E-state index in [4.69, 9.17) is 4.74 Å². The summed E-state index contributed by atoms with van der Waals surface area (Å²) in [6.07, 6.45) is 7.39. The molecular formula is C16H27NO3. The highest BCUT2D eigenvalue weighted by Crippen LogP contribution is 2.43. The van der Waals surface area contributed by atoms with E-state index in [1.54, 1.807) is 13.0 Å². The van der Waals surface area contributed by atoms with Crippen LogP contribution >= 0.6 is 0 Å². The minimum Gasteiger partial charge on any atom is -0.449 e. The lowest BCUT2D eigenvalue weighted by Crippen LogP contribution is -2.57. The molecule has 1 aliphatic rings. The lowest BCUT2D eigenvalue weighted by Gasteiger charge is -2.48. The molecule has 1 N–H and O–H groups in total. The number of rotatable bonds is 5. The Bertz CT molecular complexity index is 387. The molecule has 114 valence electrons. The van der Waals surface area contributed by atoms with Crippen molar-refractivity contribution in [2.45, 2.75) is 65.3 Å². The fourth-order valence-electron chi connectivity index (χ4n) is 2.67. The predicted octanol–water partition coefficient (Wildman–Crippen LogP) is 3.61. The molecule has 0 heterocycles. The van der Waals surface area contributed by atoms with E-state index in [0.29, 0.717) is 0 Å². The molecule has 1 aliphatic carbocycles. The molecule has 0 aromatic heterocycles. The Labute approximate surface area is 122 Å². The first-order valence-electron chi connectivity index (χ1n) is 7.41. The van der Waals surface area contributed by atoms with Crippen LogP contribution in [-0.2, 0) is 9.53 Å². The number of carbonyl (C=O) groups excluding carboxylic acids is 2. The first-order valence-corrected chi connectivity index (χ1v) is 7.41. The standard InChI is InChI=1S/C16H27NO3/c1-5-8-13(18)9-12-20-14(19)17-16(4)11-7-6-10-15(16,2)3/h5,8H,6-7,9-12H2,1-4H3,(H,17,19). The van der Waals surface area contributed by atoms with Crippen molar-refractivity contribution in [2.24, 2.45) is 5.41 Å². The Morgan fingerprint density at radius 1 is 1.20 bits per heavy atom. The maximum Gasteiger partial charge on any atom is 0.407 e. The van der Waals surface area contributed by atoms with Crippen LogP contribution in [-0.4, -0.2) is 24.0 Å². The molecule has 0 saturated heterocycles. The molecule has 0 spiro atoms. The average Bonchev–Trinajstić information content (AvgIpc) is 2.33. The van der Waals surface area contributed by atoms with Gasteiger partial charge in [-0.2, -0.15) is 0 Å². The number of ketones is 1. The molecule has 1 unspecified atom stereocenters. The molecule has 4 nitrogen and oxygen atoms in total. The summed E-state index contributed by atoms with van der Waals surface area (Å²) in [7, 11) is 0. The van der Waals surface area contributed by atoms with Gasteiger partial charge in [0, 0.05) is 12.0 Å². The van der Waals surface area contributed by atoms with Gasteiger partial charge in [0.2, 0.25) is 0 Å². The Kier molecular flexibility index (Phi) is 5.78. The van der Waals surface area contributed by atoms with Crippen molar-refractivity contribution in [3.63, 3.8) is 0 Å². The highest BCUT2D eigenvalue weighted by atomic mass is 16.5. The summed E-state index contributed by atoms with van der Waals surface area (Å²) in [5, 5.41) is 3.00. The molecule has 0 bridgehead atoms. The molecule has 0 radical (unpaired) electrons. The molecule has 1 atom stereocenters. The van der Waals surface area contributed by atoms with E-state index in [0.717, 1.165) is 19.3 Å². The van der Waals surface area contributed by atoms with Crippen LogP contribution in [0.1, 0.15) is 59.8 Å². The van der Waals surface area contributed by atoms with Crippen molar-refractivity contribution in [2.75, 3.05) is 6.61 Å². The molecule has 1 amide bonds. The van der Waals surface area contributed by atoms with E-state index in [1.807, 2.05) is 0 Å². The van der Waals surface area contributed by atoms with Crippen molar-refractivity contribution in [1.82, 2.24) is 5.32 Å². The minimum absolute atomic E-state index is 0.0236. The number of amides is 1. The van der Waals surface area contributed by atoms with Crippen LogP contribution in [0.3, 0.4) is 0 Å². The first-order chi connectivity index (χ1) is 9.31. The van der Waals surface area contributed by atoms with E-state index < -0.39 is 6.09 Å². The van der Waals surface area contributed by atoms with E-state index >= 15 is 0 Å². The van der Waals surface area contributed by atoms with E-state index in [1.165, 1.54) is 12.5 Å². The molecule has 0 aliphatic heterocycles. The number of carbonyl (C=O) groups is 2. The highest BCUT2D eigenvalue weighted by Gasteiger charge is 2.44. The summed E-state index contributed by atoms with van der Waals surface area (Å²) in [6, 6.07) is 0. The number of nitrogens with one attached hydrogen (secondary N) is 1. The smallest absolute Gasteiger partial charge is 0.407 e. The molecule has 1 rings (SSSR count). The number of allylic oxidation sites excluding steroid dienone is 2. The van der Waals surface area contributed by atoms with Gasteiger partial charge in [0.15, 0.2) is 5.78 Å². The third kappa shape index (κ3) is 4.36. The Morgan fingerprint density at radius 3 is 2.45 bits per heavy atom. The average molecular weight is 281 g/mol. The molecule has 0 aromatic carbocycles. The van der Waals surface area contributed by atoms with Crippen LogP contribution in [0.25, 0.3) is 0 Å². The van der Waals surface area contributed by atoms with Gasteiger partial charge in [0.25, 0.3) is 0 Å². The van der Waals surface area contributed by atoms with E-state index in [2.05, 4.69) is 26.1 Å². The Balaban J connectivity index is 2.43. The summed E-state index contributed by atoms with van der Waals surface area (Å²) < 4.78 is 5.12. The van der Waals surface area contributed by atoms with Gasteiger partial charge in [-0.3, -0.25) is 4.79 Å². The summed E-state index contributed by atoms with van der Waals surface area (Å²) >= 11 is 0. The zero-order valence-electron chi connectivity index (χ0n) is 13.1. The number of ether oxygens (including phenoxy) is 1. The van der Waals surface area contributed by atoms with Gasteiger partial charge in [0.05, 0.1) is 0 Å². The monoisotopic (exact) mass is 281 g/mol. The van der Waals surface area contributed by atoms with Crippen LogP contribution in [0.4, 0.5) is 4.79 Å². The molecule has 4 heteroatoms. The fraction of sp³-hybridized carbons (Fsp3) is 0.750. The molecule has 1 fully saturated rings. The van der Waals surface area contributed by atoms with Gasteiger partial charge < -0.3 is 10.1 Å². The second-order valence-corrected chi connectivity index (χ2v) is 6.40.